The highest BCUT2D eigenvalue weighted by molar-refractivity contribution is 9.10. The lowest BCUT2D eigenvalue weighted by molar-refractivity contribution is 0.627. The Kier molecular flexibility index (Phi) is 3.44. The van der Waals surface area contributed by atoms with Gasteiger partial charge in [-0.3, -0.25) is 0 Å². The van der Waals surface area contributed by atoms with Crippen molar-refractivity contribution in [3.63, 3.8) is 0 Å². The van der Waals surface area contributed by atoms with Gasteiger partial charge in [0.1, 0.15) is 11.0 Å². The Bertz CT molecular complexity index is 820. The second-order valence-electron chi connectivity index (χ2n) is 4.46. The Hall–Kier alpha value is -1.52. The number of fused-ring (bicyclic) bond motifs is 1. The smallest absolute Gasteiger partial charge is 0.161 e. The zero-order valence-corrected chi connectivity index (χ0v) is 12.8. The number of halogens is 3. The number of hydrogen-bond donors (Lipinski definition) is 0. The number of aryl methyl sites for hydroxylation is 1. The van der Waals surface area contributed by atoms with E-state index in [1.165, 1.54) is 12.1 Å². The summed E-state index contributed by atoms with van der Waals surface area (Å²) in [6, 6.07) is 10.2. The molecule has 0 saturated heterocycles. The number of hydrogen-bond acceptors (Lipinski definition) is 2. The molecule has 0 aliphatic rings. The lowest BCUT2D eigenvalue weighted by Gasteiger charge is -2.07. The summed E-state index contributed by atoms with van der Waals surface area (Å²) in [7, 11) is 0. The highest BCUT2D eigenvalue weighted by Gasteiger charge is 2.10. The van der Waals surface area contributed by atoms with E-state index in [4.69, 9.17) is 11.6 Å². The minimum Gasteiger partial charge on any atom is -0.228 e. The van der Waals surface area contributed by atoms with E-state index >= 15 is 0 Å². The predicted octanol–water partition coefficient (Wildman–Crippen LogP) is 5.16. The summed E-state index contributed by atoms with van der Waals surface area (Å²) in [5.41, 5.74) is 2.30. The molecule has 0 N–H and O–H groups in total. The van der Waals surface area contributed by atoms with Crippen LogP contribution in [0, 0.1) is 12.7 Å². The Labute approximate surface area is 128 Å². The van der Waals surface area contributed by atoms with E-state index in [9.17, 15) is 4.39 Å². The normalized spacial score (nSPS) is 11.0. The Balaban J connectivity index is 2.26. The van der Waals surface area contributed by atoms with E-state index in [2.05, 4.69) is 25.9 Å². The molecule has 1 heterocycles. The van der Waals surface area contributed by atoms with Gasteiger partial charge in [-0.25, -0.2) is 14.4 Å². The van der Waals surface area contributed by atoms with Gasteiger partial charge in [0, 0.05) is 15.4 Å². The Morgan fingerprint density at radius 1 is 1.10 bits per heavy atom. The number of rotatable bonds is 1. The fourth-order valence-electron chi connectivity index (χ4n) is 2.06. The first kappa shape index (κ1) is 13.5. The quantitative estimate of drug-likeness (QED) is 0.566. The van der Waals surface area contributed by atoms with Crippen LogP contribution in [-0.2, 0) is 0 Å². The van der Waals surface area contributed by atoms with Gasteiger partial charge in [0.05, 0.1) is 5.52 Å². The highest BCUT2D eigenvalue weighted by Crippen LogP contribution is 2.28. The second-order valence-corrected chi connectivity index (χ2v) is 5.73. The average Bonchev–Trinajstić information content (AvgIpc) is 2.37. The van der Waals surface area contributed by atoms with Gasteiger partial charge < -0.3 is 0 Å². The maximum Gasteiger partial charge on any atom is 0.161 e. The average molecular weight is 352 g/mol. The van der Waals surface area contributed by atoms with Crippen molar-refractivity contribution in [2.75, 3.05) is 0 Å². The maximum absolute atomic E-state index is 13.2. The van der Waals surface area contributed by atoms with Crippen LogP contribution in [0.2, 0.25) is 5.15 Å². The lowest BCUT2D eigenvalue weighted by Crippen LogP contribution is -1.94. The number of aromatic nitrogens is 2. The summed E-state index contributed by atoms with van der Waals surface area (Å²) in [6.07, 6.45) is 0. The molecule has 0 spiro atoms. The van der Waals surface area contributed by atoms with Gasteiger partial charge in [-0.05, 0) is 48.9 Å². The van der Waals surface area contributed by atoms with Gasteiger partial charge in [-0.15, -0.1) is 0 Å². The Morgan fingerprint density at radius 2 is 1.90 bits per heavy atom. The molecule has 0 aliphatic heterocycles. The van der Waals surface area contributed by atoms with E-state index in [-0.39, 0.29) is 5.82 Å². The number of nitrogens with zero attached hydrogens (tertiary/aromatic N) is 2. The van der Waals surface area contributed by atoms with Crippen LogP contribution in [0.25, 0.3) is 22.3 Å². The summed E-state index contributed by atoms with van der Waals surface area (Å²) < 4.78 is 14.1. The molecule has 5 heteroatoms. The summed E-state index contributed by atoms with van der Waals surface area (Å²) >= 11 is 9.62. The zero-order valence-electron chi connectivity index (χ0n) is 10.5. The van der Waals surface area contributed by atoms with E-state index < -0.39 is 0 Å². The summed E-state index contributed by atoms with van der Waals surface area (Å²) in [6.45, 7) is 1.82. The molecule has 3 aromatic rings. The molecule has 100 valence electrons. The van der Waals surface area contributed by atoms with Crippen molar-refractivity contribution in [2.45, 2.75) is 6.92 Å². The van der Waals surface area contributed by atoms with Gasteiger partial charge in [0.15, 0.2) is 5.82 Å². The molecule has 1 aromatic heterocycles. The van der Waals surface area contributed by atoms with Crippen LogP contribution < -0.4 is 0 Å². The zero-order chi connectivity index (χ0) is 14.3. The maximum atomic E-state index is 13.2. The Morgan fingerprint density at radius 3 is 2.65 bits per heavy atom. The fraction of sp³-hybridized carbons (Fsp3) is 0.0667. The van der Waals surface area contributed by atoms with Crippen LogP contribution in [0.3, 0.4) is 0 Å². The molecule has 0 fully saturated rings. The van der Waals surface area contributed by atoms with Crippen molar-refractivity contribution in [3.05, 3.63) is 57.4 Å². The first-order valence-corrected chi connectivity index (χ1v) is 7.11. The van der Waals surface area contributed by atoms with Gasteiger partial charge in [0.2, 0.25) is 0 Å². The van der Waals surface area contributed by atoms with E-state index in [0.717, 1.165) is 26.5 Å². The molecule has 0 bridgehead atoms. The van der Waals surface area contributed by atoms with Gasteiger partial charge in [-0.1, -0.05) is 27.5 Å². The van der Waals surface area contributed by atoms with Crippen molar-refractivity contribution in [1.29, 1.82) is 0 Å². The van der Waals surface area contributed by atoms with Crippen LogP contribution in [0.15, 0.2) is 40.9 Å². The molecule has 20 heavy (non-hydrogen) atoms. The van der Waals surface area contributed by atoms with Crippen molar-refractivity contribution in [2.24, 2.45) is 0 Å². The molecule has 0 radical (unpaired) electrons. The third kappa shape index (κ3) is 2.41. The lowest BCUT2D eigenvalue weighted by atomic mass is 10.1. The third-order valence-corrected chi connectivity index (χ3v) is 3.82. The SMILES string of the molecule is Cc1cc(F)ccc1-c1nc(Cl)c2ccc(Br)cc2n1. The molecular weight excluding hydrogens is 343 g/mol. The summed E-state index contributed by atoms with van der Waals surface area (Å²) in [4.78, 5) is 8.82. The minimum absolute atomic E-state index is 0.277. The van der Waals surface area contributed by atoms with Crippen LogP contribution in [-0.4, -0.2) is 9.97 Å². The molecule has 2 nitrogen and oxygen atoms in total. The van der Waals surface area contributed by atoms with Crippen LogP contribution in [0.5, 0.6) is 0 Å². The number of benzene rings is 2. The van der Waals surface area contributed by atoms with E-state index in [1.54, 1.807) is 6.07 Å². The van der Waals surface area contributed by atoms with Crippen molar-refractivity contribution in [1.82, 2.24) is 9.97 Å². The highest BCUT2D eigenvalue weighted by atomic mass is 79.9. The molecule has 0 amide bonds. The molecule has 0 aliphatic carbocycles. The van der Waals surface area contributed by atoms with Crippen LogP contribution >= 0.6 is 27.5 Å². The summed E-state index contributed by atoms with van der Waals surface area (Å²) in [5.74, 6) is 0.221. The first-order valence-electron chi connectivity index (χ1n) is 5.94. The van der Waals surface area contributed by atoms with Gasteiger partial charge in [-0.2, -0.15) is 0 Å². The van der Waals surface area contributed by atoms with Crippen molar-refractivity contribution < 1.29 is 4.39 Å². The van der Waals surface area contributed by atoms with Crippen LogP contribution in [0.1, 0.15) is 5.56 Å². The first-order chi connectivity index (χ1) is 9.54. The topological polar surface area (TPSA) is 25.8 Å². The molecule has 2 aromatic carbocycles. The van der Waals surface area contributed by atoms with Gasteiger partial charge in [0.25, 0.3) is 0 Å². The second kappa shape index (κ2) is 5.11. The van der Waals surface area contributed by atoms with Crippen molar-refractivity contribution >= 4 is 38.4 Å². The molecule has 0 saturated carbocycles. The predicted molar refractivity (Wildman–Crippen MR) is 82.4 cm³/mol. The molecular formula is C15H9BrClFN2. The summed E-state index contributed by atoms with van der Waals surface area (Å²) in [5, 5.41) is 1.18. The standard InChI is InChI=1S/C15H9BrClFN2/c1-8-6-10(18)3-5-11(8)15-19-13-7-9(16)2-4-12(13)14(17)20-15/h2-7H,1H3. The molecule has 0 atom stereocenters. The van der Waals surface area contributed by atoms with Crippen LogP contribution in [0.4, 0.5) is 4.39 Å². The fourth-order valence-corrected chi connectivity index (χ4v) is 2.65. The van der Waals surface area contributed by atoms with E-state index in [1.807, 2.05) is 25.1 Å². The van der Waals surface area contributed by atoms with Crippen molar-refractivity contribution in [3.8, 4) is 11.4 Å². The molecule has 3 rings (SSSR count). The monoisotopic (exact) mass is 350 g/mol. The van der Waals surface area contributed by atoms with E-state index in [0.29, 0.717) is 11.0 Å². The molecule has 0 unspecified atom stereocenters. The third-order valence-electron chi connectivity index (χ3n) is 3.04. The minimum atomic E-state index is -0.277. The largest absolute Gasteiger partial charge is 0.228 e. The van der Waals surface area contributed by atoms with Gasteiger partial charge >= 0.3 is 0 Å².